The van der Waals surface area contributed by atoms with Gasteiger partial charge in [-0.15, -0.1) is 0 Å². The van der Waals surface area contributed by atoms with Crippen molar-refractivity contribution in [2.75, 3.05) is 32.8 Å². The lowest BCUT2D eigenvalue weighted by atomic mass is 10.1. The van der Waals surface area contributed by atoms with E-state index in [2.05, 4.69) is 26.0 Å². The maximum Gasteiger partial charge on any atom is 0.198 e. The van der Waals surface area contributed by atoms with Gasteiger partial charge in [0, 0.05) is 6.42 Å². The summed E-state index contributed by atoms with van der Waals surface area (Å²) in [6.45, 7) is 8.68. The van der Waals surface area contributed by atoms with Gasteiger partial charge in [-0.25, -0.2) is 4.99 Å². The molecule has 0 amide bonds. The summed E-state index contributed by atoms with van der Waals surface area (Å²) in [7, 11) is 0. The van der Waals surface area contributed by atoms with Crippen LogP contribution in [-0.2, 0) is 0 Å². The van der Waals surface area contributed by atoms with Gasteiger partial charge in [-0.2, -0.15) is 0 Å². The van der Waals surface area contributed by atoms with Crippen molar-refractivity contribution in [3.63, 3.8) is 0 Å². The second kappa shape index (κ2) is 12.7. The van der Waals surface area contributed by atoms with Crippen molar-refractivity contribution < 1.29 is 9.59 Å². The molecule has 1 N–H and O–H groups in total. The quantitative estimate of drug-likeness (QED) is 0.280. The van der Waals surface area contributed by atoms with Crippen molar-refractivity contribution in [3.05, 3.63) is 12.2 Å². The zero-order valence-electron chi connectivity index (χ0n) is 15.6. The van der Waals surface area contributed by atoms with Crippen LogP contribution in [-0.4, -0.2) is 48.2 Å². The normalized spacial score (nSPS) is 21.3. The van der Waals surface area contributed by atoms with E-state index in [1.165, 1.54) is 57.2 Å². The molecular weight excluding hydrogens is 284 g/mol. The Kier molecular flexibility index (Phi) is 11.3. The molecule has 0 fully saturated rings. The first-order chi connectivity index (χ1) is 11.3. The molecule has 23 heavy (non-hydrogen) atoms. The number of aliphatic hydroxyl groups excluding tert-OH is 1. The molecule has 1 rings (SSSR count). The van der Waals surface area contributed by atoms with Gasteiger partial charge in [0.25, 0.3) is 0 Å². The first kappa shape index (κ1) is 20.4. The van der Waals surface area contributed by atoms with Crippen LogP contribution in [0, 0.1) is 0 Å². The number of amidine groups is 1. The monoisotopic (exact) mass is 323 g/mol. The van der Waals surface area contributed by atoms with E-state index in [1.807, 2.05) is 0 Å². The fourth-order valence-electron chi connectivity index (χ4n) is 3.55. The third-order valence-electron chi connectivity index (χ3n) is 5.17. The van der Waals surface area contributed by atoms with E-state index < -0.39 is 0 Å². The van der Waals surface area contributed by atoms with Crippen LogP contribution in [0.3, 0.4) is 0 Å². The minimum atomic E-state index is 0.269. The number of likely N-dealkylation sites (N-methyl/N-ethyl adjacent to an activating group) is 1. The Hall–Kier alpha value is -0.670. The Labute approximate surface area is 144 Å². The molecule has 0 aromatic heterocycles. The summed E-state index contributed by atoms with van der Waals surface area (Å²) < 4.78 is 0.929. The minimum absolute atomic E-state index is 0.269. The largest absolute Gasteiger partial charge is 0.390 e. The van der Waals surface area contributed by atoms with E-state index in [1.54, 1.807) is 0 Å². The smallest absolute Gasteiger partial charge is 0.198 e. The van der Waals surface area contributed by atoms with Crippen molar-refractivity contribution in [3.8, 4) is 0 Å². The van der Waals surface area contributed by atoms with Gasteiger partial charge < -0.3 is 5.11 Å². The van der Waals surface area contributed by atoms with Crippen molar-refractivity contribution >= 4 is 5.84 Å². The lowest BCUT2D eigenvalue weighted by Gasteiger charge is -2.33. The fourth-order valence-corrected chi connectivity index (χ4v) is 3.55. The number of hydrogen-bond donors (Lipinski definition) is 1. The Morgan fingerprint density at radius 2 is 1.70 bits per heavy atom. The highest BCUT2D eigenvalue weighted by Crippen LogP contribution is 2.19. The van der Waals surface area contributed by atoms with Crippen molar-refractivity contribution in [1.29, 1.82) is 0 Å². The molecule has 1 unspecified atom stereocenters. The Morgan fingerprint density at radius 3 is 2.39 bits per heavy atom. The van der Waals surface area contributed by atoms with E-state index in [9.17, 15) is 5.11 Å². The maximum atomic E-state index is 9.32. The number of quaternary nitrogens is 1. The van der Waals surface area contributed by atoms with E-state index in [0.717, 1.165) is 43.5 Å². The molecule has 0 aromatic carbocycles. The fraction of sp³-hybridized carbons (Fsp3) is 0.850. The highest BCUT2D eigenvalue weighted by molar-refractivity contribution is 5.76. The van der Waals surface area contributed by atoms with Crippen LogP contribution >= 0.6 is 0 Å². The molecule has 0 aliphatic carbocycles. The second-order valence-electron chi connectivity index (χ2n) is 6.85. The average Bonchev–Trinajstić information content (AvgIpc) is 2.96. The number of unbranched alkanes of at least 4 members (excludes halogenated alkanes) is 7. The molecule has 0 aromatic rings. The van der Waals surface area contributed by atoms with Gasteiger partial charge in [-0.3, -0.25) is 4.48 Å². The molecule has 1 heterocycles. The SMILES string of the molecule is CCCCCCCC/C=C/CCCC1=NCC[N+]1(CC)CCO. The van der Waals surface area contributed by atoms with Crippen LogP contribution in [0.1, 0.15) is 78.1 Å². The van der Waals surface area contributed by atoms with Crippen molar-refractivity contribution in [2.45, 2.75) is 78.1 Å². The Bertz CT molecular complexity index is 352. The highest BCUT2D eigenvalue weighted by atomic mass is 16.3. The molecule has 1 aliphatic heterocycles. The molecule has 3 nitrogen and oxygen atoms in total. The van der Waals surface area contributed by atoms with E-state index >= 15 is 0 Å². The third-order valence-corrected chi connectivity index (χ3v) is 5.17. The first-order valence-electron chi connectivity index (χ1n) is 9.95. The number of hydrogen-bond acceptors (Lipinski definition) is 2. The summed E-state index contributed by atoms with van der Waals surface area (Å²) in [5, 5.41) is 9.32. The number of rotatable bonds is 14. The van der Waals surface area contributed by atoms with Gasteiger partial charge in [0.05, 0.1) is 19.7 Å². The summed E-state index contributed by atoms with van der Waals surface area (Å²) in [4.78, 5) is 4.72. The number of allylic oxidation sites excluding steroid dienone is 2. The molecule has 1 atom stereocenters. The molecule has 1 aliphatic rings. The lowest BCUT2D eigenvalue weighted by molar-refractivity contribution is -0.835. The molecular formula is C20H39N2O+. The van der Waals surface area contributed by atoms with Gasteiger partial charge in [0.1, 0.15) is 13.1 Å². The Balaban J connectivity index is 2.09. The molecule has 0 saturated carbocycles. The molecule has 0 spiro atoms. The maximum absolute atomic E-state index is 9.32. The van der Waals surface area contributed by atoms with Crippen LogP contribution in [0.2, 0.25) is 0 Å². The number of aliphatic hydroxyl groups is 1. The summed E-state index contributed by atoms with van der Waals surface area (Å²) in [5.41, 5.74) is 0. The molecule has 0 radical (unpaired) electrons. The highest BCUT2D eigenvalue weighted by Gasteiger charge is 2.35. The van der Waals surface area contributed by atoms with Crippen LogP contribution in [0.25, 0.3) is 0 Å². The summed E-state index contributed by atoms with van der Waals surface area (Å²) >= 11 is 0. The molecule has 3 heteroatoms. The van der Waals surface area contributed by atoms with E-state index in [4.69, 9.17) is 4.99 Å². The zero-order chi connectivity index (χ0) is 16.8. The summed E-state index contributed by atoms with van der Waals surface area (Å²) in [6.07, 6.45) is 17.7. The molecule has 0 saturated heterocycles. The second-order valence-corrected chi connectivity index (χ2v) is 6.85. The van der Waals surface area contributed by atoms with Crippen molar-refractivity contribution in [1.82, 2.24) is 0 Å². The van der Waals surface area contributed by atoms with Gasteiger partial charge >= 0.3 is 0 Å². The minimum Gasteiger partial charge on any atom is -0.390 e. The Morgan fingerprint density at radius 1 is 1.00 bits per heavy atom. The van der Waals surface area contributed by atoms with Gasteiger partial charge in [-0.1, -0.05) is 51.2 Å². The molecule has 0 bridgehead atoms. The van der Waals surface area contributed by atoms with Gasteiger partial charge in [0.15, 0.2) is 5.84 Å². The topological polar surface area (TPSA) is 32.6 Å². The number of aliphatic imine (C=N–C) groups is 1. The lowest BCUT2D eigenvalue weighted by Crippen LogP contribution is -2.52. The van der Waals surface area contributed by atoms with Gasteiger partial charge in [-0.05, 0) is 32.6 Å². The van der Waals surface area contributed by atoms with Crippen LogP contribution in [0.15, 0.2) is 17.1 Å². The van der Waals surface area contributed by atoms with Crippen LogP contribution < -0.4 is 0 Å². The van der Waals surface area contributed by atoms with Crippen LogP contribution in [0.4, 0.5) is 0 Å². The summed E-state index contributed by atoms with van der Waals surface area (Å²) in [5.74, 6) is 1.32. The third kappa shape index (κ3) is 7.63. The van der Waals surface area contributed by atoms with Crippen molar-refractivity contribution in [2.24, 2.45) is 4.99 Å². The first-order valence-corrected chi connectivity index (χ1v) is 9.95. The standard InChI is InChI=1S/C20H39N2O/c1-3-5-6-7-8-9-10-11-12-13-14-15-20-21-16-17-22(20,4-2)18-19-23/h11-12,23H,3-10,13-19H2,1-2H3/q+1/b12-11+. The average molecular weight is 324 g/mol. The number of nitrogens with zero attached hydrogens (tertiary/aromatic N) is 2. The van der Waals surface area contributed by atoms with E-state index in [-0.39, 0.29) is 6.61 Å². The summed E-state index contributed by atoms with van der Waals surface area (Å²) in [6, 6.07) is 0. The van der Waals surface area contributed by atoms with Gasteiger partial charge in [0.2, 0.25) is 0 Å². The van der Waals surface area contributed by atoms with E-state index in [0.29, 0.717) is 0 Å². The van der Waals surface area contributed by atoms with Crippen LogP contribution in [0.5, 0.6) is 0 Å². The zero-order valence-corrected chi connectivity index (χ0v) is 15.6. The molecule has 134 valence electrons. The predicted molar refractivity (Wildman–Crippen MR) is 101 cm³/mol. The predicted octanol–water partition coefficient (Wildman–Crippen LogP) is 4.70.